The van der Waals surface area contributed by atoms with Crippen molar-refractivity contribution in [1.29, 1.82) is 0 Å². The van der Waals surface area contributed by atoms with Gasteiger partial charge in [0.1, 0.15) is 15.9 Å². The van der Waals surface area contributed by atoms with E-state index in [-0.39, 0.29) is 18.7 Å². The SMILES string of the molecule is CN(CCS(C)(=O)=O)C(=O)N[C@H](Cc1cnc[nH]1)C(=O)O. The Morgan fingerprint density at radius 2 is 2.19 bits per heavy atom. The highest BCUT2D eigenvalue weighted by Gasteiger charge is 2.23. The Bertz CT molecular complexity index is 584. The van der Waals surface area contributed by atoms with E-state index < -0.39 is 27.9 Å². The van der Waals surface area contributed by atoms with Crippen molar-refractivity contribution in [2.24, 2.45) is 0 Å². The number of hydrogen-bond acceptors (Lipinski definition) is 5. The van der Waals surface area contributed by atoms with E-state index in [0.717, 1.165) is 11.2 Å². The standard InChI is InChI=1S/C11H18N4O5S/c1-15(3-4-21(2,19)20)11(18)14-9(10(16)17)5-8-6-12-7-13-8/h6-7,9H,3-5H2,1-2H3,(H,12,13)(H,14,18)(H,16,17)/t9-/m1/s1. The van der Waals surface area contributed by atoms with Crippen molar-refractivity contribution in [2.45, 2.75) is 12.5 Å². The third-order valence-electron chi connectivity index (χ3n) is 2.72. The summed E-state index contributed by atoms with van der Waals surface area (Å²) in [6.45, 7) is -0.0128. The van der Waals surface area contributed by atoms with Crippen molar-refractivity contribution in [3.63, 3.8) is 0 Å². The van der Waals surface area contributed by atoms with Crippen LogP contribution >= 0.6 is 0 Å². The number of H-pyrrole nitrogens is 1. The fourth-order valence-corrected chi connectivity index (χ4v) is 2.09. The van der Waals surface area contributed by atoms with Crippen LogP contribution in [0, 0.1) is 0 Å². The summed E-state index contributed by atoms with van der Waals surface area (Å²) in [5.41, 5.74) is 0.571. The normalized spacial score (nSPS) is 12.7. The molecule has 1 heterocycles. The van der Waals surface area contributed by atoms with Crippen LogP contribution in [0.2, 0.25) is 0 Å². The number of aromatic amines is 1. The number of carbonyl (C=O) groups excluding carboxylic acids is 1. The van der Waals surface area contributed by atoms with Gasteiger partial charge in [0.2, 0.25) is 0 Å². The van der Waals surface area contributed by atoms with E-state index in [1.54, 1.807) is 0 Å². The summed E-state index contributed by atoms with van der Waals surface area (Å²) in [5.74, 6) is -1.37. The first-order chi connectivity index (χ1) is 9.69. The molecule has 0 saturated heterocycles. The predicted octanol–water partition coefficient (Wildman–Crippen LogP) is -0.909. The van der Waals surface area contributed by atoms with E-state index >= 15 is 0 Å². The van der Waals surface area contributed by atoms with Crippen LogP contribution in [0.15, 0.2) is 12.5 Å². The van der Waals surface area contributed by atoms with E-state index in [9.17, 15) is 18.0 Å². The number of carboxylic acid groups (broad SMARTS) is 1. The summed E-state index contributed by atoms with van der Waals surface area (Å²) >= 11 is 0. The molecule has 21 heavy (non-hydrogen) atoms. The van der Waals surface area contributed by atoms with Crippen LogP contribution in [0.25, 0.3) is 0 Å². The first-order valence-corrected chi connectivity index (χ1v) is 8.14. The Labute approximate surface area is 122 Å². The Morgan fingerprint density at radius 1 is 1.52 bits per heavy atom. The van der Waals surface area contributed by atoms with Gasteiger partial charge in [-0.3, -0.25) is 0 Å². The molecule has 0 aliphatic carbocycles. The van der Waals surface area contributed by atoms with Gasteiger partial charge in [0.25, 0.3) is 0 Å². The van der Waals surface area contributed by atoms with E-state index in [2.05, 4.69) is 15.3 Å². The van der Waals surface area contributed by atoms with Gasteiger partial charge >= 0.3 is 12.0 Å². The molecular weight excluding hydrogens is 300 g/mol. The zero-order valence-corrected chi connectivity index (χ0v) is 12.6. The lowest BCUT2D eigenvalue weighted by Gasteiger charge is -2.20. The number of hydrogen-bond donors (Lipinski definition) is 3. The monoisotopic (exact) mass is 318 g/mol. The summed E-state index contributed by atoms with van der Waals surface area (Å²) < 4.78 is 22.1. The molecule has 1 rings (SSSR count). The van der Waals surface area contributed by atoms with Gasteiger partial charge in [-0.2, -0.15) is 0 Å². The van der Waals surface area contributed by atoms with Gasteiger partial charge in [-0.05, 0) is 0 Å². The van der Waals surface area contributed by atoms with Crippen molar-refractivity contribution < 1.29 is 23.1 Å². The second-order valence-electron chi connectivity index (χ2n) is 4.67. The smallest absolute Gasteiger partial charge is 0.326 e. The minimum atomic E-state index is -3.19. The van der Waals surface area contributed by atoms with Gasteiger partial charge in [0, 0.05) is 38.2 Å². The van der Waals surface area contributed by atoms with Crippen LogP contribution in [0.5, 0.6) is 0 Å². The molecule has 0 aliphatic rings. The summed E-state index contributed by atoms with van der Waals surface area (Å²) in [4.78, 5) is 30.6. The van der Waals surface area contributed by atoms with Gasteiger partial charge in [0.05, 0.1) is 12.1 Å². The first kappa shape index (κ1) is 17.0. The second kappa shape index (κ2) is 7.07. The highest BCUT2D eigenvalue weighted by atomic mass is 32.2. The predicted molar refractivity (Wildman–Crippen MR) is 74.6 cm³/mol. The maximum Gasteiger partial charge on any atom is 0.326 e. The molecule has 0 aliphatic heterocycles. The number of carbonyl (C=O) groups is 2. The molecule has 1 atom stereocenters. The average Bonchev–Trinajstić information content (AvgIpc) is 2.86. The van der Waals surface area contributed by atoms with Crippen molar-refractivity contribution >= 4 is 21.8 Å². The quantitative estimate of drug-likeness (QED) is 0.596. The third-order valence-corrected chi connectivity index (χ3v) is 3.64. The lowest BCUT2D eigenvalue weighted by atomic mass is 10.1. The number of rotatable bonds is 7. The van der Waals surface area contributed by atoms with Crippen LogP contribution in [-0.2, 0) is 21.1 Å². The second-order valence-corrected chi connectivity index (χ2v) is 6.93. The molecule has 118 valence electrons. The molecule has 9 nitrogen and oxygen atoms in total. The van der Waals surface area contributed by atoms with E-state index in [0.29, 0.717) is 5.69 Å². The number of nitrogens with zero attached hydrogens (tertiary/aromatic N) is 2. The van der Waals surface area contributed by atoms with E-state index in [1.165, 1.54) is 19.6 Å². The molecule has 1 aromatic heterocycles. The number of nitrogens with one attached hydrogen (secondary N) is 2. The molecule has 0 fully saturated rings. The maximum atomic E-state index is 11.8. The molecule has 0 bridgehead atoms. The van der Waals surface area contributed by atoms with Gasteiger partial charge in [-0.15, -0.1) is 0 Å². The third kappa shape index (κ3) is 6.25. The van der Waals surface area contributed by atoms with Crippen LogP contribution in [-0.4, -0.2) is 72.0 Å². The molecule has 0 spiro atoms. The van der Waals surface area contributed by atoms with Crippen molar-refractivity contribution in [3.8, 4) is 0 Å². The number of aliphatic carboxylic acids is 1. The topological polar surface area (TPSA) is 132 Å². The number of carboxylic acids is 1. The Morgan fingerprint density at radius 3 is 2.67 bits per heavy atom. The lowest BCUT2D eigenvalue weighted by molar-refractivity contribution is -0.139. The highest BCUT2D eigenvalue weighted by molar-refractivity contribution is 7.90. The van der Waals surface area contributed by atoms with Crippen LogP contribution < -0.4 is 5.32 Å². The fourth-order valence-electron chi connectivity index (χ4n) is 1.48. The number of urea groups is 1. The Kier molecular flexibility index (Phi) is 5.70. The molecule has 0 radical (unpaired) electrons. The van der Waals surface area contributed by atoms with E-state index in [1.807, 2.05) is 0 Å². The Hall–Kier alpha value is -2.10. The van der Waals surface area contributed by atoms with Crippen molar-refractivity contribution in [1.82, 2.24) is 20.2 Å². The van der Waals surface area contributed by atoms with Crippen molar-refractivity contribution in [2.75, 3.05) is 25.6 Å². The van der Waals surface area contributed by atoms with Crippen LogP contribution in [0.4, 0.5) is 4.79 Å². The summed E-state index contributed by atoms with van der Waals surface area (Å²) in [6, 6.07) is -1.77. The maximum absolute atomic E-state index is 11.8. The zero-order chi connectivity index (χ0) is 16.0. The van der Waals surface area contributed by atoms with E-state index in [4.69, 9.17) is 5.11 Å². The first-order valence-electron chi connectivity index (χ1n) is 6.08. The number of sulfone groups is 1. The lowest BCUT2D eigenvalue weighted by Crippen LogP contribution is -2.48. The molecule has 0 saturated carbocycles. The van der Waals surface area contributed by atoms with Gasteiger partial charge in [0.15, 0.2) is 0 Å². The zero-order valence-electron chi connectivity index (χ0n) is 11.7. The summed E-state index contributed by atoms with van der Waals surface area (Å²) in [7, 11) is -1.79. The minimum Gasteiger partial charge on any atom is -0.480 e. The van der Waals surface area contributed by atoms with Crippen LogP contribution in [0.3, 0.4) is 0 Å². The fraction of sp³-hybridized carbons (Fsp3) is 0.545. The molecule has 0 unspecified atom stereocenters. The van der Waals surface area contributed by atoms with Crippen molar-refractivity contribution in [3.05, 3.63) is 18.2 Å². The Balaban J connectivity index is 2.58. The van der Waals surface area contributed by atoms with Gasteiger partial charge < -0.3 is 20.3 Å². The highest BCUT2D eigenvalue weighted by Crippen LogP contribution is 2.00. The molecule has 3 N–H and O–H groups in total. The van der Waals surface area contributed by atoms with Crippen LogP contribution in [0.1, 0.15) is 5.69 Å². The van der Waals surface area contributed by atoms with Gasteiger partial charge in [-0.1, -0.05) is 0 Å². The molecule has 0 aromatic carbocycles. The summed E-state index contributed by atoms with van der Waals surface area (Å²) in [6.07, 6.45) is 4.00. The number of imidazole rings is 1. The molecule has 10 heteroatoms. The molecule has 2 amide bonds. The number of aromatic nitrogens is 2. The minimum absolute atomic E-state index is 0.0128. The number of amides is 2. The molecule has 1 aromatic rings. The average molecular weight is 318 g/mol. The molecular formula is C11H18N4O5S. The largest absolute Gasteiger partial charge is 0.480 e. The van der Waals surface area contributed by atoms with Gasteiger partial charge in [-0.25, -0.2) is 23.0 Å². The summed E-state index contributed by atoms with van der Waals surface area (Å²) in [5, 5.41) is 11.4.